The first-order valence-electron chi connectivity index (χ1n) is 9.06. The molecule has 0 spiro atoms. The van der Waals surface area contributed by atoms with Crippen molar-refractivity contribution in [1.82, 2.24) is 19.7 Å². The van der Waals surface area contributed by atoms with E-state index >= 15 is 0 Å². The van der Waals surface area contributed by atoms with E-state index in [0.29, 0.717) is 18.0 Å². The van der Waals surface area contributed by atoms with Crippen LogP contribution in [0, 0.1) is 6.92 Å². The number of para-hydroxylation sites is 1. The van der Waals surface area contributed by atoms with Gasteiger partial charge in [-0.25, -0.2) is 14.6 Å². The van der Waals surface area contributed by atoms with Gasteiger partial charge in [-0.3, -0.25) is 0 Å². The number of anilines is 1. The SMILES string of the molecule is Cc1cccc(OCC(O)CNc2ncnc3c2cnn3-c2ccccc2)c1. The average molecular weight is 375 g/mol. The zero-order valence-electron chi connectivity index (χ0n) is 15.5. The summed E-state index contributed by atoms with van der Waals surface area (Å²) in [4.78, 5) is 8.64. The molecule has 2 aromatic carbocycles. The number of hydrogen-bond acceptors (Lipinski definition) is 6. The van der Waals surface area contributed by atoms with Gasteiger partial charge >= 0.3 is 0 Å². The third-order valence-electron chi connectivity index (χ3n) is 4.30. The summed E-state index contributed by atoms with van der Waals surface area (Å²) in [6.07, 6.45) is 2.52. The fraction of sp³-hybridized carbons (Fsp3) is 0.190. The molecule has 0 saturated carbocycles. The molecule has 2 N–H and O–H groups in total. The topological polar surface area (TPSA) is 85.1 Å². The summed E-state index contributed by atoms with van der Waals surface area (Å²) in [6.45, 7) is 2.49. The van der Waals surface area contributed by atoms with Crippen LogP contribution in [0.5, 0.6) is 5.75 Å². The number of nitrogens with zero attached hydrogens (tertiary/aromatic N) is 4. The lowest BCUT2D eigenvalue weighted by atomic mass is 10.2. The van der Waals surface area contributed by atoms with E-state index in [1.807, 2.05) is 61.5 Å². The minimum absolute atomic E-state index is 0.188. The van der Waals surface area contributed by atoms with Crippen LogP contribution in [0.15, 0.2) is 67.1 Å². The van der Waals surface area contributed by atoms with E-state index in [1.54, 1.807) is 10.9 Å². The van der Waals surface area contributed by atoms with Gasteiger partial charge in [-0.15, -0.1) is 0 Å². The largest absolute Gasteiger partial charge is 0.491 e. The molecule has 0 fully saturated rings. The highest BCUT2D eigenvalue weighted by Gasteiger charge is 2.12. The molecule has 0 aliphatic rings. The summed E-state index contributed by atoms with van der Waals surface area (Å²) < 4.78 is 7.41. The molecule has 7 nitrogen and oxygen atoms in total. The third kappa shape index (κ3) is 3.94. The van der Waals surface area contributed by atoms with Crippen LogP contribution in [0.4, 0.5) is 5.82 Å². The first-order chi connectivity index (χ1) is 13.7. The smallest absolute Gasteiger partial charge is 0.168 e. The summed E-state index contributed by atoms with van der Waals surface area (Å²) in [7, 11) is 0. The van der Waals surface area contributed by atoms with Crippen LogP contribution in [0.1, 0.15) is 5.56 Å². The number of aromatic nitrogens is 4. The van der Waals surface area contributed by atoms with Crippen molar-refractivity contribution in [1.29, 1.82) is 0 Å². The number of hydrogen-bond donors (Lipinski definition) is 2. The molecule has 0 aliphatic carbocycles. The van der Waals surface area contributed by atoms with Crippen LogP contribution in [-0.4, -0.2) is 44.1 Å². The Kier molecular flexibility index (Phi) is 5.16. The molecule has 2 aromatic heterocycles. The van der Waals surface area contributed by atoms with Crippen molar-refractivity contribution in [3.8, 4) is 11.4 Å². The molecule has 28 heavy (non-hydrogen) atoms. The maximum absolute atomic E-state index is 10.2. The molecule has 7 heteroatoms. The highest BCUT2D eigenvalue weighted by Crippen LogP contribution is 2.21. The zero-order chi connectivity index (χ0) is 19.3. The maximum atomic E-state index is 10.2. The Hall–Kier alpha value is -3.45. The highest BCUT2D eigenvalue weighted by molar-refractivity contribution is 5.87. The maximum Gasteiger partial charge on any atom is 0.168 e. The van der Waals surface area contributed by atoms with Gasteiger partial charge in [0.15, 0.2) is 5.65 Å². The van der Waals surface area contributed by atoms with E-state index in [2.05, 4.69) is 20.4 Å². The number of aliphatic hydroxyl groups is 1. The van der Waals surface area contributed by atoms with Crippen LogP contribution >= 0.6 is 0 Å². The van der Waals surface area contributed by atoms with Crippen LogP contribution in [0.3, 0.4) is 0 Å². The van der Waals surface area contributed by atoms with Gasteiger partial charge in [0, 0.05) is 6.54 Å². The first-order valence-corrected chi connectivity index (χ1v) is 9.06. The Morgan fingerprint density at radius 3 is 2.79 bits per heavy atom. The Balaban J connectivity index is 1.43. The molecule has 4 aromatic rings. The quantitative estimate of drug-likeness (QED) is 0.517. The Morgan fingerprint density at radius 2 is 1.96 bits per heavy atom. The molecule has 0 aliphatic heterocycles. The minimum Gasteiger partial charge on any atom is -0.491 e. The predicted octanol–water partition coefficient (Wildman–Crippen LogP) is 2.98. The summed E-state index contributed by atoms with van der Waals surface area (Å²) in [5.74, 6) is 1.37. The van der Waals surface area contributed by atoms with Gasteiger partial charge in [0.05, 0.1) is 17.3 Å². The van der Waals surface area contributed by atoms with Crippen LogP contribution in [0.25, 0.3) is 16.7 Å². The van der Waals surface area contributed by atoms with E-state index in [-0.39, 0.29) is 6.61 Å². The number of rotatable bonds is 7. The molecule has 2 heterocycles. The van der Waals surface area contributed by atoms with Crippen molar-refractivity contribution in [3.05, 3.63) is 72.7 Å². The molecule has 1 unspecified atom stereocenters. The number of aliphatic hydroxyl groups excluding tert-OH is 1. The van der Waals surface area contributed by atoms with Gasteiger partial charge in [-0.2, -0.15) is 5.10 Å². The summed E-state index contributed by atoms with van der Waals surface area (Å²) in [5.41, 5.74) is 2.74. The van der Waals surface area contributed by atoms with Crippen molar-refractivity contribution in [2.75, 3.05) is 18.5 Å². The van der Waals surface area contributed by atoms with Gasteiger partial charge in [0.1, 0.15) is 30.6 Å². The Labute approximate surface area is 162 Å². The molecule has 0 saturated heterocycles. The Morgan fingerprint density at radius 1 is 1.11 bits per heavy atom. The number of ether oxygens (including phenoxy) is 1. The lowest BCUT2D eigenvalue weighted by Crippen LogP contribution is -2.26. The molecule has 4 rings (SSSR count). The van der Waals surface area contributed by atoms with Gasteiger partial charge in [0.25, 0.3) is 0 Å². The number of benzene rings is 2. The van der Waals surface area contributed by atoms with Crippen LogP contribution in [-0.2, 0) is 0 Å². The first kappa shape index (κ1) is 17.9. The van der Waals surface area contributed by atoms with Crippen molar-refractivity contribution in [2.45, 2.75) is 13.0 Å². The normalized spacial score (nSPS) is 12.1. The monoisotopic (exact) mass is 375 g/mol. The van der Waals surface area contributed by atoms with Gasteiger partial charge in [-0.1, -0.05) is 30.3 Å². The lowest BCUT2D eigenvalue weighted by Gasteiger charge is -2.14. The van der Waals surface area contributed by atoms with E-state index in [4.69, 9.17) is 4.74 Å². The Bertz CT molecular complexity index is 1060. The average Bonchev–Trinajstić information content (AvgIpc) is 3.16. The molecule has 1 atom stereocenters. The van der Waals surface area contributed by atoms with E-state index < -0.39 is 6.10 Å². The van der Waals surface area contributed by atoms with Gasteiger partial charge in [0.2, 0.25) is 0 Å². The molecule has 0 bridgehead atoms. The van der Waals surface area contributed by atoms with E-state index in [1.165, 1.54) is 6.33 Å². The summed E-state index contributed by atoms with van der Waals surface area (Å²) >= 11 is 0. The molecule has 0 radical (unpaired) electrons. The zero-order valence-corrected chi connectivity index (χ0v) is 15.5. The molecular weight excluding hydrogens is 354 g/mol. The van der Waals surface area contributed by atoms with Crippen LogP contribution in [0.2, 0.25) is 0 Å². The number of aryl methyl sites for hydroxylation is 1. The van der Waals surface area contributed by atoms with Crippen molar-refractivity contribution in [2.24, 2.45) is 0 Å². The third-order valence-corrected chi connectivity index (χ3v) is 4.30. The van der Waals surface area contributed by atoms with Crippen LogP contribution < -0.4 is 10.1 Å². The van der Waals surface area contributed by atoms with Crippen molar-refractivity contribution < 1.29 is 9.84 Å². The van der Waals surface area contributed by atoms with Gasteiger partial charge in [-0.05, 0) is 36.8 Å². The standard InChI is InChI=1S/C21H21N5O2/c1-15-6-5-9-18(10-15)28-13-17(27)11-22-20-19-12-25-26(21(19)24-14-23-20)16-7-3-2-4-8-16/h2-10,12,14,17,27H,11,13H2,1H3,(H,22,23,24). The second-order valence-corrected chi connectivity index (χ2v) is 6.51. The fourth-order valence-corrected chi connectivity index (χ4v) is 2.91. The predicted molar refractivity (Wildman–Crippen MR) is 108 cm³/mol. The number of fused-ring (bicyclic) bond motifs is 1. The molecular formula is C21H21N5O2. The highest BCUT2D eigenvalue weighted by atomic mass is 16.5. The minimum atomic E-state index is -0.685. The van der Waals surface area contributed by atoms with Gasteiger partial charge < -0.3 is 15.2 Å². The molecule has 0 amide bonds. The second-order valence-electron chi connectivity index (χ2n) is 6.51. The van der Waals surface area contributed by atoms with E-state index in [0.717, 1.165) is 22.4 Å². The fourth-order valence-electron chi connectivity index (χ4n) is 2.91. The summed E-state index contributed by atoms with van der Waals surface area (Å²) in [6, 6.07) is 17.5. The van der Waals surface area contributed by atoms with Crippen molar-refractivity contribution in [3.63, 3.8) is 0 Å². The lowest BCUT2D eigenvalue weighted by molar-refractivity contribution is 0.117. The van der Waals surface area contributed by atoms with E-state index in [9.17, 15) is 5.11 Å². The second kappa shape index (κ2) is 8.06. The summed E-state index contributed by atoms with van der Waals surface area (Å²) in [5, 5.41) is 18.6. The number of nitrogens with one attached hydrogen (secondary N) is 1. The van der Waals surface area contributed by atoms with Crippen molar-refractivity contribution >= 4 is 16.9 Å². The molecule has 142 valence electrons.